The molecule has 1 aromatic rings. The number of hydrogen-bond acceptors (Lipinski definition) is 2. The van der Waals surface area contributed by atoms with E-state index in [2.05, 4.69) is 4.90 Å². The van der Waals surface area contributed by atoms with Gasteiger partial charge in [-0.1, -0.05) is 12.1 Å². The normalized spacial score (nSPS) is 19.8. The van der Waals surface area contributed by atoms with Crippen LogP contribution < -0.4 is 0 Å². The van der Waals surface area contributed by atoms with Crippen LogP contribution in [0.2, 0.25) is 0 Å². The van der Waals surface area contributed by atoms with E-state index in [1.807, 2.05) is 7.05 Å². The van der Waals surface area contributed by atoms with Gasteiger partial charge in [-0.3, -0.25) is 0 Å². The summed E-state index contributed by atoms with van der Waals surface area (Å²) in [5.41, 5.74) is 0.0110. The molecule has 0 spiro atoms. The number of hydrogen-bond donors (Lipinski definition) is 0. The van der Waals surface area contributed by atoms with Crippen molar-refractivity contribution in [1.82, 2.24) is 4.90 Å². The summed E-state index contributed by atoms with van der Waals surface area (Å²) in [5, 5.41) is 0. The quantitative estimate of drug-likeness (QED) is 0.794. The lowest BCUT2D eigenvalue weighted by Gasteiger charge is -2.32. The van der Waals surface area contributed by atoms with Gasteiger partial charge >= 0.3 is 6.18 Å². The fourth-order valence-electron chi connectivity index (χ4n) is 2.74. The van der Waals surface area contributed by atoms with Crippen LogP contribution in [0.4, 0.5) is 13.2 Å². The van der Waals surface area contributed by atoms with Gasteiger partial charge in [-0.15, -0.1) is 0 Å². The average molecular weight is 285 g/mol. The second-order valence-electron chi connectivity index (χ2n) is 5.42. The van der Waals surface area contributed by atoms with Crippen LogP contribution in [0.5, 0.6) is 0 Å². The van der Waals surface area contributed by atoms with Crippen LogP contribution in [-0.2, 0) is 11.0 Å². The maximum Gasteiger partial charge on any atom is 0.416 e. The second-order valence-corrected chi connectivity index (χ2v) is 5.42. The highest BCUT2D eigenvalue weighted by Gasteiger charge is 2.31. The van der Waals surface area contributed by atoms with Gasteiger partial charge in [0.15, 0.2) is 0 Å². The minimum Gasteiger partial charge on any atom is -0.306 e. The van der Waals surface area contributed by atoms with E-state index in [0.29, 0.717) is 5.56 Å². The Morgan fingerprint density at radius 1 is 1.20 bits per heavy atom. The molecular weight excluding hydrogens is 267 g/mol. The molecule has 1 aromatic carbocycles. The molecule has 20 heavy (non-hydrogen) atoms. The fourth-order valence-corrected chi connectivity index (χ4v) is 2.74. The maximum absolute atomic E-state index is 12.5. The Morgan fingerprint density at radius 3 is 2.20 bits per heavy atom. The van der Waals surface area contributed by atoms with E-state index in [4.69, 9.17) is 0 Å². The lowest BCUT2D eigenvalue weighted by molar-refractivity contribution is -0.137. The molecule has 1 heterocycles. The van der Waals surface area contributed by atoms with Gasteiger partial charge in [-0.2, -0.15) is 13.2 Å². The van der Waals surface area contributed by atoms with Crippen molar-refractivity contribution in [2.45, 2.75) is 24.9 Å². The minimum absolute atomic E-state index is 0.223. The Bertz CT molecular complexity index is 447. The molecule has 5 heteroatoms. The second kappa shape index (κ2) is 5.95. The van der Waals surface area contributed by atoms with Crippen molar-refractivity contribution in [3.05, 3.63) is 35.4 Å². The van der Waals surface area contributed by atoms with Crippen molar-refractivity contribution in [3.63, 3.8) is 0 Å². The Balaban J connectivity index is 2.14. The highest BCUT2D eigenvalue weighted by molar-refractivity contribution is 5.62. The largest absolute Gasteiger partial charge is 0.416 e. The van der Waals surface area contributed by atoms with Gasteiger partial charge in [0.05, 0.1) is 5.56 Å². The first-order valence-corrected chi connectivity index (χ1v) is 6.73. The van der Waals surface area contributed by atoms with Crippen molar-refractivity contribution < 1.29 is 18.0 Å². The van der Waals surface area contributed by atoms with Crippen molar-refractivity contribution in [3.8, 4) is 0 Å². The smallest absolute Gasteiger partial charge is 0.306 e. The van der Waals surface area contributed by atoms with Gasteiger partial charge in [0.1, 0.15) is 6.29 Å². The molecule has 110 valence electrons. The first kappa shape index (κ1) is 15.0. The van der Waals surface area contributed by atoms with Gasteiger partial charge < -0.3 is 9.69 Å². The van der Waals surface area contributed by atoms with Gasteiger partial charge in [-0.25, -0.2) is 0 Å². The summed E-state index contributed by atoms with van der Waals surface area (Å²) in [6, 6.07) is 4.97. The fraction of sp³-hybridized carbons (Fsp3) is 0.533. The van der Waals surface area contributed by atoms with Crippen LogP contribution in [0.1, 0.15) is 29.9 Å². The molecule has 0 bridgehead atoms. The molecule has 1 saturated heterocycles. The van der Waals surface area contributed by atoms with E-state index in [0.717, 1.165) is 44.4 Å². The van der Waals surface area contributed by atoms with Crippen molar-refractivity contribution in [2.24, 2.45) is 5.92 Å². The monoisotopic (exact) mass is 285 g/mol. The summed E-state index contributed by atoms with van der Waals surface area (Å²) in [6.07, 6.45) is -1.65. The third kappa shape index (κ3) is 3.39. The molecule has 1 atom stereocenters. The number of carbonyl (C=O) groups excluding carboxylic acids is 1. The third-order valence-electron chi connectivity index (χ3n) is 4.04. The molecule has 2 nitrogen and oxygen atoms in total. The van der Waals surface area contributed by atoms with Crippen LogP contribution in [0.15, 0.2) is 24.3 Å². The van der Waals surface area contributed by atoms with Crippen molar-refractivity contribution in [2.75, 3.05) is 20.1 Å². The molecule has 0 N–H and O–H groups in total. The number of nitrogens with zero attached hydrogens (tertiary/aromatic N) is 1. The van der Waals surface area contributed by atoms with Gasteiger partial charge in [0, 0.05) is 5.92 Å². The number of carbonyl (C=O) groups is 1. The predicted octanol–water partition coefficient (Wildman–Crippen LogP) is 3.33. The first-order chi connectivity index (χ1) is 9.41. The first-order valence-electron chi connectivity index (χ1n) is 6.73. The number of piperidine rings is 1. The molecule has 0 aromatic heterocycles. The molecule has 1 unspecified atom stereocenters. The highest BCUT2D eigenvalue weighted by atomic mass is 19.4. The van der Waals surface area contributed by atoms with Gasteiger partial charge in [-0.05, 0) is 56.6 Å². The van der Waals surface area contributed by atoms with E-state index < -0.39 is 11.7 Å². The van der Waals surface area contributed by atoms with Crippen molar-refractivity contribution >= 4 is 6.29 Å². The summed E-state index contributed by atoms with van der Waals surface area (Å²) in [5.74, 6) is -0.0774. The summed E-state index contributed by atoms with van der Waals surface area (Å²) >= 11 is 0. The molecule has 0 amide bonds. The summed E-state index contributed by atoms with van der Waals surface area (Å²) in [6.45, 7) is 1.85. The Labute approximate surface area is 116 Å². The maximum atomic E-state index is 12.5. The number of halogens is 3. The zero-order valence-electron chi connectivity index (χ0n) is 11.4. The molecule has 1 fully saturated rings. The molecule has 2 rings (SSSR count). The van der Waals surface area contributed by atoms with E-state index in [1.54, 1.807) is 0 Å². The zero-order chi connectivity index (χ0) is 14.8. The number of rotatable bonds is 3. The van der Waals surface area contributed by atoms with Crippen LogP contribution >= 0.6 is 0 Å². The Hall–Kier alpha value is -1.36. The lowest BCUT2D eigenvalue weighted by Crippen LogP contribution is -2.33. The molecular formula is C15H18F3NO. The number of alkyl halides is 3. The Kier molecular flexibility index (Phi) is 4.48. The third-order valence-corrected chi connectivity index (χ3v) is 4.04. The van der Waals surface area contributed by atoms with Gasteiger partial charge in [0.25, 0.3) is 0 Å². The molecule has 0 aliphatic carbocycles. The summed E-state index contributed by atoms with van der Waals surface area (Å²) in [4.78, 5) is 13.5. The van der Waals surface area contributed by atoms with E-state index in [-0.39, 0.29) is 11.8 Å². The average Bonchev–Trinajstić information content (AvgIpc) is 2.41. The summed E-state index contributed by atoms with van der Waals surface area (Å²) in [7, 11) is 2.03. The van der Waals surface area contributed by atoms with Gasteiger partial charge in [0.2, 0.25) is 0 Å². The van der Waals surface area contributed by atoms with Crippen LogP contribution in [-0.4, -0.2) is 31.3 Å². The predicted molar refractivity (Wildman–Crippen MR) is 70.5 cm³/mol. The highest BCUT2D eigenvalue weighted by Crippen LogP contribution is 2.34. The molecule has 0 radical (unpaired) electrons. The number of aldehydes is 1. The Morgan fingerprint density at radius 2 is 1.75 bits per heavy atom. The summed E-state index contributed by atoms with van der Waals surface area (Å²) < 4.78 is 37.6. The van der Waals surface area contributed by atoms with E-state index in [1.165, 1.54) is 12.1 Å². The van der Waals surface area contributed by atoms with E-state index in [9.17, 15) is 18.0 Å². The lowest BCUT2D eigenvalue weighted by atomic mass is 9.81. The number of likely N-dealkylation sites (tertiary alicyclic amines) is 1. The minimum atomic E-state index is -4.33. The van der Waals surface area contributed by atoms with Crippen LogP contribution in [0.3, 0.4) is 0 Å². The standard InChI is InChI=1S/C15H18F3NO/c1-19-8-6-12(7-9-19)14(10-20)11-2-4-13(5-3-11)15(16,17)18/h2-5,10,12,14H,6-9H2,1H3. The SMILES string of the molecule is CN1CCC(C(C=O)c2ccc(C(F)(F)F)cc2)CC1. The van der Waals surface area contributed by atoms with Crippen LogP contribution in [0, 0.1) is 5.92 Å². The number of benzene rings is 1. The molecule has 1 aliphatic rings. The topological polar surface area (TPSA) is 20.3 Å². The van der Waals surface area contributed by atoms with E-state index >= 15 is 0 Å². The zero-order valence-corrected chi connectivity index (χ0v) is 11.4. The van der Waals surface area contributed by atoms with Crippen LogP contribution in [0.25, 0.3) is 0 Å². The molecule has 1 aliphatic heterocycles. The van der Waals surface area contributed by atoms with Crippen molar-refractivity contribution in [1.29, 1.82) is 0 Å². The molecule has 0 saturated carbocycles.